The van der Waals surface area contributed by atoms with Gasteiger partial charge in [-0.1, -0.05) is 6.92 Å². The summed E-state index contributed by atoms with van der Waals surface area (Å²) in [6.45, 7) is 3.57. The van der Waals surface area contributed by atoms with E-state index in [0.717, 1.165) is 16.4 Å². The molecule has 9 heteroatoms. The molecule has 0 bridgehead atoms. The van der Waals surface area contributed by atoms with E-state index in [1.807, 2.05) is 6.92 Å². The van der Waals surface area contributed by atoms with E-state index in [-0.39, 0.29) is 16.6 Å². The molecule has 3 N–H and O–H groups in total. The van der Waals surface area contributed by atoms with Crippen LogP contribution >= 0.6 is 0 Å². The second kappa shape index (κ2) is 6.16. The van der Waals surface area contributed by atoms with Crippen LogP contribution in [0.25, 0.3) is 0 Å². The molecule has 0 fully saturated rings. The van der Waals surface area contributed by atoms with Gasteiger partial charge in [0, 0.05) is 19.2 Å². The van der Waals surface area contributed by atoms with Crippen LogP contribution in [0, 0.1) is 10.1 Å². The van der Waals surface area contributed by atoms with Crippen molar-refractivity contribution in [1.82, 2.24) is 4.31 Å². The maximum atomic E-state index is 12.5. The smallest absolute Gasteiger partial charge is 0.289 e. The lowest BCUT2D eigenvalue weighted by molar-refractivity contribution is -0.387. The van der Waals surface area contributed by atoms with E-state index in [1.54, 1.807) is 6.92 Å². The Kier molecular flexibility index (Phi) is 5.03. The number of nitrogens with one attached hydrogen (secondary N) is 1. The average Bonchev–Trinajstić information content (AvgIpc) is 2.44. The van der Waals surface area contributed by atoms with E-state index < -0.39 is 20.6 Å². The highest BCUT2D eigenvalue weighted by atomic mass is 32.2. The lowest BCUT2D eigenvalue weighted by atomic mass is 10.3. The first-order valence-corrected chi connectivity index (χ1v) is 7.42. The van der Waals surface area contributed by atoms with Crippen LogP contribution in [-0.4, -0.2) is 30.7 Å². The molecule has 0 heterocycles. The molecule has 0 aliphatic carbocycles. The summed E-state index contributed by atoms with van der Waals surface area (Å²) in [4.78, 5) is 9.90. The lowest BCUT2D eigenvalue weighted by Gasteiger charge is -2.23. The van der Waals surface area contributed by atoms with E-state index in [4.69, 9.17) is 5.84 Å². The van der Waals surface area contributed by atoms with Gasteiger partial charge in [-0.05, 0) is 25.5 Å². The van der Waals surface area contributed by atoms with Crippen molar-refractivity contribution in [3.05, 3.63) is 28.3 Å². The average molecular weight is 302 g/mol. The first-order valence-electron chi connectivity index (χ1n) is 5.98. The molecule has 1 atom stereocenters. The molecule has 0 spiro atoms. The maximum Gasteiger partial charge on any atom is 0.289 e. The third-order valence-electron chi connectivity index (χ3n) is 3.19. The maximum absolute atomic E-state index is 12.5. The Labute approximate surface area is 117 Å². The van der Waals surface area contributed by atoms with Crippen LogP contribution in [0.1, 0.15) is 20.3 Å². The van der Waals surface area contributed by atoms with Crippen molar-refractivity contribution in [3.8, 4) is 0 Å². The number of nitro benzene ring substituents is 1. The van der Waals surface area contributed by atoms with Crippen LogP contribution in [0.2, 0.25) is 0 Å². The fraction of sp³-hybridized carbons (Fsp3) is 0.455. The van der Waals surface area contributed by atoms with Crippen molar-refractivity contribution in [2.45, 2.75) is 31.2 Å². The number of anilines is 1. The van der Waals surface area contributed by atoms with Crippen LogP contribution in [0.4, 0.5) is 11.4 Å². The van der Waals surface area contributed by atoms with E-state index in [1.165, 1.54) is 13.1 Å². The molecule has 0 saturated heterocycles. The van der Waals surface area contributed by atoms with Crippen LogP contribution in [-0.2, 0) is 10.0 Å². The van der Waals surface area contributed by atoms with Crippen LogP contribution < -0.4 is 11.3 Å². The van der Waals surface area contributed by atoms with Gasteiger partial charge in [-0.2, -0.15) is 4.31 Å². The molecule has 1 aromatic carbocycles. The monoisotopic (exact) mass is 302 g/mol. The third-order valence-corrected chi connectivity index (χ3v) is 5.19. The molecule has 0 aliphatic rings. The molecule has 20 heavy (non-hydrogen) atoms. The van der Waals surface area contributed by atoms with Crippen LogP contribution in [0.15, 0.2) is 23.1 Å². The molecule has 112 valence electrons. The number of hydrogen-bond acceptors (Lipinski definition) is 6. The quantitative estimate of drug-likeness (QED) is 0.464. The minimum atomic E-state index is -3.96. The highest BCUT2D eigenvalue weighted by Gasteiger charge is 2.31. The highest BCUT2D eigenvalue weighted by molar-refractivity contribution is 7.89. The van der Waals surface area contributed by atoms with Gasteiger partial charge in [-0.3, -0.25) is 16.0 Å². The minimum Gasteiger partial charge on any atom is -0.324 e. The topological polar surface area (TPSA) is 119 Å². The molecule has 0 amide bonds. The Morgan fingerprint density at radius 1 is 1.50 bits per heavy atom. The van der Waals surface area contributed by atoms with E-state index in [2.05, 4.69) is 5.43 Å². The predicted octanol–water partition coefficient (Wildman–Crippen LogP) is 1.30. The summed E-state index contributed by atoms with van der Waals surface area (Å²) < 4.78 is 26.1. The highest BCUT2D eigenvalue weighted by Crippen LogP contribution is 2.29. The molecule has 1 rings (SSSR count). The summed E-state index contributed by atoms with van der Waals surface area (Å²) in [5.74, 6) is 5.22. The number of hydrazine groups is 1. The molecule has 0 aromatic heterocycles. The van der Waals surface area contributed by atoms with Gasteiger partial charge in [0.1, 0.15) is 0 Å². The molecule has 8 nitrogen and oxygen atoms in total. The Morgan fingerprint density at radius 2 is 2.10 bits per heavy atom. The first kappa shape index (κ1) is 16.3. The van der Waals surface area contributed by atoms with E-state index >= 15 is 0 Å². The first-order chi connectivity index (χ1) is 9.25. The summed E-state index contributed by atoms with van der Waals surface area (Å²) in [6, 6.07) is 3.35. The van der Waals surface area contributed by atoms with Gasteiger partial charge in [-0.25, -0.2) is 8.42 Å². The van der Waals surface area contributed by atoms with Crippen molar-refractivity contribution in [2.75, 3.05) is 12.5 Å². The van der Waals surface area contributed by atoms with Crippen molar-refractivity contribution in [1.29, 1.82) is 0 Å². The zero-order valence-corrected chi connectivity index (χ0v) is 12.3. The molecule has 0 radical (unpaired) electrons. The second-order valence-electron chi connectivity index (χ2n) is 4.36. The van der Waals surface area contributed by atoms with Gasteiger partial charge in [-0.15, -0.1) is 0 Å². The largest absolute Gasteiger partial charge is 0.324 e. The van der Waals surface area contributed by atoms with Gasteiger partial charge in [0.2, 0.25) is 10.0 Å². The second-order valence-corrected chi connectivity index (χ2v) is 6.33. The van der Waals surface area contributed by atoms with Gasteiger partial charge < -0.3 is 5.43 Å². The van der Waals surface area contributed by atoms with Crippen LogP contribution in [0.5, 0.6) is 0 Å². The van der Waals surface area contributed by atoms with Crippen molar-refractivity contribution < 1.29 is 13.3 Å². The van der Waals surface area contributed by atoms with Crippen LogP contribution in [0.3, 0.4) is 0 Å². The van der Waals surface area contributed by atoms with Gasteiger partial charge in [0.25, 0.3) is 5.69 Å². The number of hydrogen-bond donors (Lipinski definition) is 2. The number of nitrogen functional groups attached to an aromatic ring is 1. The standard InChI is InChI=1S/C11H18N4O4S/c1-4-8(2)14(3)20(18,19)11-7-9(13-12)5-6-10(11)15(16)17/h5-8,13H,4,12H2,1-3H3. The summed E-state index contributed by atoms with van der Waals surface area (Å²) >= 11 is 0. The minimum absolute atomic E-state index is 0.269. The number of nitrogens with zero attached hydrogens (tertiary/aromatic N) is 2. The molecule has 1 aromatic rings. The van der Waals surface area contributed by atoms with Crippen molar-refractivity contribution in [3.63, 3.8) is 0 Å². The Morgan fingerprint density at radius 3 is 2.55 bits per heavy atom. The van der Waals surface area contributed by atoms with Crippen molar-refractivity contribution in [2.24, 2.45) is 5.84 Å². The Balaban J connectivity index is 3.46. The zero-order chi connectivity index (χ0) is 15.5. The normalized spacial score (nSPS) is 13.2. The van der Waals surface area contributed by atoms with Gasteiger partial charge in [0.15, 0.2) is 4.90 Å². The van der Waals surface area contributed by atoms with Gasteiger partial charge >= 0.3 is 0 Å². The van der Waals surface area contributed by atoms with E-state index in [9.17, 15) is 18.5 Å². The molecule has 0 saturated carbocycles. The molecule has 0 aliphatic heterocycles. The summed E-state index contributed by atoms with van der Waals surface area (Å²) in [5.41, 5.74) is 2.09. The fourth-order valence-electron chi connectivity index (χ4n) is 1.61. The SMILES string of the molecule is CCC(C)N(C)S(=O)(=O)c1cc(NN)ccc1[N+](=O)[O-]. The van der Waals surface area contributed by atoms with E-state index in [0.29, 0.717) is 6.42 Å². The third kappa shape index (κ3) is 3.06. The molecule has 1 unspecified atom stereocenters. The zero-order valence-electron chi connectivity index (χ0n) is 11.5. The molecular weight excluding hydrogens is 284 g/mol. The fourth-order valence-corrected chi connectivity index (χ4v) is 3.23. The summed E-state index contributed by atoms with van der Waals surface area (Å²) in [5, 5.41) is 11.0. The number of sulfonamides is 1. The lowest BCUT2D eigenvalue weighted by Crippen LogP contribution is -2.35. The molecular formula is C11H18N4O4S. The Hall–Kier alpha value is -1.71. The summed E-state index contributed by atoms with van der Waals surface area (Å²) in [6.07, 6.45) is 0.596. The predicted molar refractivity (Wildman–Crippen MR) is 75.6 cm³/mol. The van der Waals surface area contributed by atoms with Crippen molar-refractivity contribution >= 4 is 21.4 Å². The van der Waals surface area contributed by atoms with Gasteiger partial charge in [0.05, 0.1) is 10.6 Å². The number of nitro groups is 1. The number of nitrogens with two attached hydrogens (primary N) is 1. The number of rotatable bonds is 6. The summed E-state index contributed by atoms with van der Waals surface area (Å²) in [7, 11) is -2.56. The number of benzene rings is 1. The Bertz CT molecular complexity index is 602.